The molecule has 0 atom stereocenters. The zero-order valence-electron chi connectivity index (χ0n) is 10.2. The Morgan fingerprint density at radius 2 is 2.32 bits per heavy atom. The van der Waals surface area contributed by atoms with E-state index in [1.165, 1.54) is 4.57 Å². The number of aromatic nitrogens is 5. The third-order valence-electron chi connectivity index (χ3n) is 2.23. The highest BCUT2D eigenvalue weighted by atomic mass is 32.2. The number of aromatic amines is 1. The molecule has 0 saturated heterocycles. The van der Waals surface area contributed by atoms with E-state index >= 15 is 0 Å². The molecule has 9 nitrogen and oxygen atoms in total. The SMILES string of the molecule is Cc1cc(/C(N)=N/O)nc(Sc2n[nH]c(=O)n2C)n1. The van der Waals surface area contributed by atoms with E-state index < -0.39 is 0 Å². The molecule has 0 unspecified atom stereocenters. The molecule has 0 spiro atoms. The Labute approximate surface area is 111 Å². The summed E-state index contributed by atoms with van der Waals surface area (Å²) in [6.07, 6.45) is 0. The Bertz CT molecular complexity index is 690. The lowest BCUT2D eigenvalue weighted by molar-refractivity contribution is 0.318. The second-order valence-electron chi connectivity index (χ2n) is 3.63. The van der Waals surface area contributed by atoms with Gasteiger partial charge in [-0.25, -0.2) is 19.9 Å². The maximum atomic E-state index is 11.2. The summed E-state index contributed by atoms with van der Waals surface area (Å²) < 4.78 is 1.33. The van der Waals surface area contributed by atoms with Gasteiger partial charge in [0.05, 0.1) is 0 Å². The van der Waals surface area contributed by atoms with Crippen molar-refractivity contribution < 1.29 is 5.21 Å². The van der Waals surface area contributed by atoms with Crippen molar-refractivity contribution in [1.29, 1.82) is 0 Å². The van der Waals surface area contributed by atoms with Crippen molar-refractivity contribution in [3.8, 4) is 0 Å². The number of H-pyrrole nitrogens is 1. The van der Waals surface area contributed by atoms with Crippen LogP contribution in [0.4, 0.5) is 0 Å². The molecular formula is C9H11N7O2S. The van der Waals surface area contributed by atoms with E-state index in [0.29, 0.717) is 21.7 Å². The van der Waals surface area contributed by atoms with E-state index in [4.69, 9.17) is 10.9 Å². The van der Waals surface area contributed by atoms with Crippen molar-refractivity contribution in [2.45, 2.75) is 17.2 Å². The lowest BCUT2D eigenvalue weighted by Gasteiger charge is -2.03. The van der Waals surface area contributed by atoms with Crippen LogP contribution in [-0.4, -0.2) is 35.8 Å². The minimum absolute atomic E-state index is 0.108. The number of nitrogens with one attached hydrogen (secondary N) is 1. The van der Waals surface area contributed by atoms with E-state index in [9.17, 15) is 4.79 Å². The molecule has 0 saturated carbocycles. The summed E-state index contributed by atoms with van der Waals surface area (Å²) in [4.78, 5) is 19.5. The molecule has 2 rings (SSSR count). The topological polar surface area (TPSA) is 135 Å². The largest absolute Gasteiger partial charge is 0.409 e. The first-order valence-electron chi connectivity index (χ1n) is 5.14. The van der Waals surface area contributed by atoms with Crippen molar-refractivity contribution in [2.75, 3.05) is 0 Å². The monoisotopic (exact) mass is 281 g/mol. The van der Waals surface area contributed by atoms with Crippen LogP contribution in [0.3, 0.4) is 0 Å². The van der Waals surface area contributed by atoms with Gasteiger partial charge < -0.3 is 10.9 Å². The van der Waals surface area contributed by atoms with Crippen molar-refractivity contribution in [3.63, 3.8) is 0 Å². The van der Waals surface area contributed by atoms with E-state index in [0.717, 1.165) is 11.8 Å². The maximum absolute atomic E-state index is 11.2. The predicted octanol–water partition coefficient (Wildman–Crippen LogP) is -0.547. The summed E-state index contributed by atoms with van der Waals surface area (Å²) in [6, 6.07) is 1.59. The van der Waals surface area contributed by atoms with Gasteiger partial charge in [-0.15, -0.1) is 5.10 Å². The van der Waals surface area contributed by atoms with Crippen LogP contribution in [0.5, 0.6) is 0 Å². The van der Waals surface area contributed by atoms with Gasteiger partial charge >= 0.3 is 5.69 Å². The number of nitrogens with zero attached hydrogens (tertiary/aromatic N) is 5. The lowest BCUT2D eigenvalue weighted by Crippen LogP contribution is -2.16. The van der Waals surface area contributed by atoms with Crippen molar-refractivity contribution in [2.24, 2.45) is 17.9 Å². The van der Waals surface area contributed by atoms with Crippen molar-refractivity contribution >= 4 is 17.6 Å². The summed E-state index contributed by atoms with van der Waals surface area (Å²) in [7, 11) is 1.58. The number of hydrogen-bond donors (Lipinski definition) is 3. The first-order valence-corrected chi connectivity index (χ1v) is 5.95. The van der Waals surface area contributed by atoms with Gasteiger partial charge in [0.1, 0.15) is 5.69 Å². The molecule has 0 aliphatic rings. The number of aryl methyl sites for hydroxylation is 1. The van der Waals surface area contributed by atoms with Gasteiger partial charge in [0.2, 0.25) is 0 Å². The average Bonchev–Trinajstić information content (AvgIpc) is 2.69. The molecule has 0 aromatic carbocycles. The second-order valence-corrected chi connectivity index (χ2v) is 4.57. The molecule has 2 aromatic heterocycles. The third kappa shape index (κ3) is 2.73. The molecule has 0 fully saturated rings. The minimum atomic E-state index is -0.327. The van der Waals surface area contributed by atoms with E-state index in [1.54, 1.807) is 20.0 Å². The first kappa shape index (κ1) is 13.1. The van der Waals surface area contributed by atoms with Crippen LogP contribution in [-0.2, 0) is 7.05 Å². The van der Waals surface area contributed by atoms with Crippen LogP contribution in [0.25, 0.3) is 0 Å². The predicted molar refractivity (Wildman–Crippen MR) is 67.2 cm³/mol. The quantitative estimate of drug-likeness (QED) is 0.226. The molecule has 19 heavy (non-hydrogen) atoms. The standard InChI is InChI=1S/C9H11N7O2S/c1-4-3-5(6(10)15-18)12-7(11-4)19-9-14-13-8(17)16(9)2/h3,18H,1-2H3,(H2,10,15)(H,13,17). The summed E-state index contributed by atoms with van der Waals surface area (Å²) in [6.45, 7) is 1.75. The highest BCUT2D eigenvalue weighted by molar-refractivity contribution is 7.99. The van der Waals surface area contributed by atoms with Gasteiger partial charge in [-0.1, -0.05) is 5.16 Å². The van der Waals surface area contributed by atoms with Crippen LogP contribution in [0, 0.1) is 6.92 Å². The molecule has 0 aliphatic carbocycles. The smallest absolute Gasteiger partial charge is 0.343 e. The molecule has 10 heteroatoms. The highest BCUT2D eigenvalue weighted by Crippen LogP contribution is 2.21. The zero-order chi connectivity index (χ0) is 14.0. The van der Waals surface area contributed by atoms with Crippen LogP contribution in [0.2, 0.25) is 0 Å². The van der Waals surface area contributed by atoms with Gasteiger partial charge in [0, 0.05) is 12.7 Å². The summed E-state index contributed by atoms with van der Waals surface area (Å²) in [5.41, 5.74) is 6.11. The molecular weight excluding hydrogens is 270 g/mol. The van der Waals surface area contributed by atoms with Gasteiger partial charge in [-0.2, -0.15) is 0 Å². The van der Waals surface area contributed by atoms with Gasteiger partial charge in [0.15, 0.2) is 16.1 Å². The van der Waals surface area contributed by atoms with E-state index in [1.807, 2.05) is 0 Å². The van der Waals surface area contributed by atoms with Crippen LogP contribution in [0.1, 0.15) is 11.4 Å². The van der Waals surface area contributed by atoms with Crippen LogP contribution < -0.4 is 11.4 Å². The summed E-state index contributed by atoms with van der Waals surface area (Å²) in [5.74, 6) is -0.108. The Morgan fingerprint density at radius 3 is 2.89 bits per heavy atom. The number of amidine groups is 1. The number of rotatable bonds is 3. The molecule has 2 heterocycles. The fourth-order valence-electron chi connectivity index (χ4n) is 1.27. The molecule has 0 amide bonds. The minimum Gasteiger partial charge on any atom is -0.409 e. The van der Waals surface area contributed by atoms with Gasteiger partial charge in [0.25, 0.3) is 0 Å². The number of nitrogens with two attached hydrogens (primary N) is 1. The fourth-order valence-corrected chi connectivity index (χ4v) is 2.08. The van der Waals surface area contributed by atoms with Crippen LogP contribution in [0.15, 0.2) is 26.3 Å². The molecule has 2 aromatic rings. The van der Waals surface area contributed by atoms with Crippen molar-refractivity contribution in [1.82, 2.24) is 24.7 Å². The highest BCUT2D eigenvalue weighted by Gasteiger charge is 2.11. The third-order valence-corrected chi connectivity index (χ3v) is 3.14. The van der Waals surface area contributed by atoms with E-state index in [2.05, 4.69) is 25.3 Å². The van der Waals surface area contributed by atoms with Crippen molar-refractivity contribution in [3.05, 3.63) is 27.9 Å². The molecule has 0 bridgehead atoms. The normalized spacial score (nSPS) is 11.8. The van der Waals surface area contributed by atoms with E-state index in [-0.39, 0.29) is 11.5 Å². The van der Waals surface area contributed by atoms with Gasteiger partial charge in [-0.3, -0.25) is 4.57 Å². The Kier molecular flexibility index (Phi) is 3.51. The Balaban J connectivity index is 2.38. The fraction of sp³-hybridized carbons (Fsp3) is 0.222. The van der Waals surface area contributed by atoms with Gasteiger partial charge in [-0.05, 0) is 24.8 Å². The Morgan fingerprint density at radius 1 is 1.58 bits per heavy atom. The number of oxime groups is 1. The first-order chi connectivity index (χ1) is 9.01. The zero-order valence-corrected chi connectivity index (χ0v) is 11.0. The number of hydrogen-bond acceptors (Lipinski definition) is 7. The van der Waals surface area contributed by atoms with Crippen LogP contribution >= 0.6 is 11.8 Å². The second kappa shape index (κ2) is 5.10. The maximum Gasteiger partial charge on any atom is 0.343 e. The Hall–Kier alpha value is -2.36. The lowest BCUT2D eigenvalue weighted by atomic mass is 10.3. The molecule has 4 N–H and O–H groups in total. The average molecular weight is 281 g/mol. The molecule has 0 radical (unpaired) electrons. The molecule has 100 valence electrons. The molecule has 0 aliphatic heterocycles. The summed E-state index contributed by atoms with van der Waals surface area (Å²) >= 11 is 1.10. The summed E-state index contributed by atoms with van der Waals surface area (Å²) in [5, 5.41) is 18.4.